The van der Waals surface area contributed by atoms with E-state index >= 15 is 0 Å². The van der Waals surface area contributed by atoms with Crippen LogP contribution in [0.4, 0.5) is 0 Å². The van der Waals surface area contributed by atoms with Crippen molar-refractivity contribution >= 4 is 15.9 Å². The van der Waals surface area contributed by atoms with Crippen molar-refractivity contribution in [2.24, 2.45) is 5.92 Å². The first-order valence-corrected chi connectivity index (χ1v) is 4.84. The first kappa shape index (κ1) is 8.14. The Kier molecular flexibility index (Phi) is 3.90. The Balaban J connectivity index is 2.33. The van der Waals surface area contributed by atoms with Crippen molar-refractivity contribution in [3.63, 3.8) is 0 Å². The van der Waals surface area contributed by atoms with Crippen molar-refractivity contribution in [1.29, 1.82) is 0 Å². The molecule has 0 bridgehead atoms. The van der Waals surface area contributed by atoms with Crippen LogP contribution < -0.4 is 0 Å². The van der Waals surface area contributed by atoms with Gasteiger partial charge in [0.25, 0.3) is 0 Å². The first-order chi connectivity index (χ1) is 4.93. The van der Waals surface area contributed by atoms with Crippen molar-refractivity contribution in [1.82, 2.24) is 0 Å². The molecule has 0 spiro atoms. The summed E-state index contributed by atoms with van der Waals surface area (Å²) in [4.78, 5) is 2.83. The summed E-state index contributed by atoms with van der Waals surface area (Å²) < 4.78 is 0. The summed E-state index contributed by atoms with van der Waals surface area (Å²) in [6, 6.07) is 0. The third-order valence-corrected chi connectivity index (χ3v) is 2.34. The van der Waals surface area contributed by atoms with E-state index in [1.165, 1.54) is 38.5 Å². The molecule has 0 saturated heterocycles. The molecule has 0 aromatic carbocycles. The van der Waals surface area contributed by atoms with E-state index in [1.54, 1.807) is 0 Å². The highest BCUT2D eigenvalue weighted by molar-refractivity contribution is 9.12. The highest BCUT2D eigenvalue weighted by Gasteiger charge is 2.08. The Morgan fingerprint density at radius 3 is 2.10 bits per heavy atom. The molecule has 0 aromatic heterocycles. The largest absolute Gasteiger partial charge is 0.0874 e. The van der Waals surface area contributed by atoms with E-state index in [4.69, 9.17) is 0 Å². The second kappa shape index (κ2) is 4.79. The second-order valence-corrected chi connectivity index (χ2v) is 3.32. The molecule has 1 fully saturated rings. The Bertz CT molecular complexity index is 133. The van der Waals surface area contributed by atoms with E-state index in [1.807, 2.05) is 0 Å². The van der Waals surface area contributed by atoms with Crippen molar-refractivity contribution in [2.45, 2.75) is 38.5 Å². The molecule has 0 nitrogen and oxygen atoms in total. The number of rotatable bonds is 0. The van der Waals surface area contributed by atoms with Crippen LogP contribution >= 0.6 is 15.9 Å². The van der Waals surface area contributed by atoms with E-state index < -0.39 is 0 Å². The molecule has 0 aliphatic heterocycles. The van der Waals surface area contributed by atoms with E-state index in [-0.39, 0.29) is 0 Å². The molecular formula is C9H13Br. The minimum Gasteiger partial charge on any atom is -0.0874 e. The van der Waals surface area contributed by atoms with E-state index in [0.717, 1.165) is 0 Å². The predicted octanol–water partition coefficient (Wildman–Crippen LogP) is 3.31. The van der Waals surface area contributed by atoms with Gasteiger partial charge in [-0.15, -0.1) is 0 Å². The van der Waals surface area contributed by atoms with Gasteiger partial charge in [0.2, 0.25) is 0 Å². The van der Waals surface area contributed by atoms with E-state index in [2.05, 4.69) is 26.7 Å². The molecule has 0 unspecified atom stereocenters. The zero-order chi connectivity index (χ0) is 7.23. The van der Waals surface area contributed by atoms with Crippen LogP contribution in [-0.4, -0.2) is 0 Å². The van der Waals surface area contributed by atoms with Crippen LogP contribution in [0.5, 0.6) is 0 Å². The van der Waals surface area contributed by atoms with Crippen LogP contribution in [0.25, 0.3) is 0 Å². The molecule has 56 valence electrons. The zero-order valence-corrected chi connectivity index (χ0v) is 7.78. The molecule has 1 rings (SSSR count). The maximum absolute atomic E-state index is 3.19. The topological polar surface area (TPSA) is 0 Å². The van der Waals surface area contributed by atoms with Crippen molar-refractivity contribution in [3.8, 4) is 10.8 Å². The summed E-state index contributed by atoms with van der Waals surface area (Å²) in [5.74, 6) is 3.87. The summed E-state index contributed by atoms with van der Waals surface area (Å²) >= 11 is 3.15. The fourth-order valence-corrected chi connectivity index (χ4v) is 1.82. The van der Waals surface area contributed by atoms with Gasteiger partial charge in [-0.3, -0.25) is 0 Å². The Morgan fingerprint density at radius 2 is 1.60 bits per heavy atom. The Hall–Kier alpha value is 0.0400. The third-order valence-electron chi connectivity index (χ3n) is 2.11. The lowest BCUT2D eigenvalue weighted by Gasteiger charge is -2.02. The van der Waals surface area contributed by atoms with Crippen LogP contribution in [0.1, 0.15) is 38.5 Å². The number of halogens is 1. The maximum atomic E-state index is 3.19. The van der Waals surface area contributed by atoms with Gasteiger partial charge >= 0.3 is 0 Å². The fourth-order valence-electron chi connectivity index (χ4n) is 1.50. The van der Waals surface area contributed by atoms with Gasteiger partial charge in [0.1, 0.15) is 0 Å². The maximum Gasteiger partial charge on any atom is 0.0211 e. The third kappa shape index (κ3) is 2.75. The van der Waals surface area contributed by atoms with Gasteiger partial charge in [-0.2, -0.15) is 0 Å². The highest BCUT2D eigenvalue weighted by atomic mass is 79.9. The lowest BCUT2D eigenvalue weighted by Crippen LogP contribution is -1.92. The van der Waals surface area contributed by atoms with Crippen LogP contribution in [0.2, 0.25) is 0 Å². The smallest absolute Gasteiger partial charge is 0.0211 e. The van der Waals surface area contributed by atoms with Crippen molar-refractivity contribution in [2.75, 3.05) is 0 Å². The van der Waals surface area contributed by atoms with Gasteiger partial charge in [-0.25, -0.2) is 0 Å². The minimum atomic E-state index is 0.682. The van der Waals surface area contributed by atoms with Crippen LogP contribution in [-0.2, 0) is 0 Å². The van der Waals surface area contributed by atoms with Crippen LogP contribution in [0, 0.1) is 16.7 Å². The van der Waals surface area contributed by atoms with Gasteiger partial charge in [0, 0.05) is 21.8 Å². The second-order valence-electron chi connectivity index (χ2n) is 2.93. The number of hydrogen-bond acceptors (Lipinski definition) is 0. The molecule has 0 heterocycles. The molecule has 1 heteroatoms. The lowest BCUT2D eigenvalue weighted by molar-refractivity contribution is 0.578. The fraction of sp³-hybridized carbons (Fsp3) is 0.778. The van der Waals surface area contributed by atoms with E-state index in [0.29, 0.717) is 5.92 Å². The standard InChI is InChI=1S/C9H13Br/c10-8-7-9-5-3-1-2-4-6-9/h9H,1-6H2. The van der Waals surface area contributed by atoms with Gasteiger partial charge in [-0.1, -0.05) is 31.6 Å². The molecule has 1 aliphatic rings. The molecule has 0 aromatic rings. The highest BCUT2D eigenvalue weighted by Crippen LogP contribution is 2.21. The average Bonchev–Trinajstić information content (AvgIpc) is 2.17. The summed E-state index contributed by atoms with van der Waals surface area (Å²) in [6.07, 6.45) is 8.23. The zero-order valence-electron chi connectivity index (χ0n) is 6.20. The molecule has 0 N–H and O–H groups in total. The Morgan fingerprint density at radius 1 is 1.00 bits per heavy atom. The molecule has 10 heavy (non-hydrogen) atoms. The van der Waals surface area contributed by atoms with Crippen LogP contribution in [0.15, 0.2) is 0 Å². The van der Waals surface area contributed by atoms with Gasteiger partial charge in [-0.05, 0) is 17.7 Å². The summed E-state index contributed by atoms with van der Waals surface area (Å²) in [5, 5.41) is 0. The quantitative estimate of drug-likeness (QED) is 0.416. The van der Waals surface area contributed by atoms with Gasteiger partial charge in [0.05, 0.1) is 0 Å². The van der Waals surface area contributed by atoms with Crippen molar-refractivity contribution in [3.05, 3.63) is 0 Å². The van der Waals surface area contributed by atoms with Crippen LogP contribution in [0.3, 0.4) is 0 Å². The monoisotopic (exact) mass is 200 g/mol. The molecule has 1 saturated carbocycles. The summed E-state index contributed by atoms with van der Waals surface area (Å²) in [7, 11) is 0. The van der Waals surface area contributed by atoms with Crippen molar-refractivity contribution < 1.29 is 0 Å². The molecule has 0 amide bonds. The SMILES string of the molecule is BrC#CC1CCCCCC1. The summed E-state index contributed by atoms with van der Waals surface area (Å²) in [5.41, 5.74) is 0. The molecule has 0 atom stereocenters. The first-order valence-electron chi connectivity index (χ1n) is 4.04. The molecule has 1 aliphatic carbocycles. The average molecular weight is 201 g/mol. The number of hydrogen-bond donors (Lipinski definition) is 0. The van der Waals surface area contributed by atoms with Gasteiger partial charge in [0.15, 0.2) is 0 Å². The Labute approximate surface area is 71.5 Å². The molecular weight excluding hydrogens is 188 g/mol. The summed E-state index contributed by atoms with van der Waals surface area (Å²) in [6.45, 7) is 0. The molecule has 0 radical (unpaired) electrons. The predicted molar refractivity (Wildman–Crippen MR) is 47.9 cm³/mol. The van der Waals surface area contributed by atoms with Gasteiger partial charge < -0.3 is 0 Å². The lowest BCUT2D eigenvalue weighted by atomic mass is 10.0. The van der Waals surface area contributed by atoms with E-state index in [9.17, 15) is 0 Å². The normalized spacial score (nSPS) is 20.9. The minimum absolute atomic E-state index is 0.682.